The molecule has 2 bridgehead atoms. The number of benzene rings is 1. The van der Waals surface area contributed by atoms with E-state index in [2.05, 4.69) is 18.9 Å². The van der Waals surface area contributed by atoms with Gasteiger partial charge in [0.1, 0.15) is 5.75 Å². The predicted octanol–water partition coefficient (Wildman–Crippen LogP) is 5.66. The summed E-state index contributed by atoms with van der Waals surface area (Å²) < 4.78 is 6.12. The zero-order valence-corrected chi connectivity index (χ0v) is 15.6. The molecule has 3 rings (SSSR count). The van der Waals surface area contributed by atoms with Crippen LogP contribution in [0.15, 0.2) is 18.2 Å². The van der Waals surface area contributed by atoms with Crippen molar-refractivity contribution in [2.75, 3.05) is 13.7 Å². The molecule has 2 fully saturated rings. The first-order valence-electron chi connectivity index (χ1n) is 8.90. The normalized spacial score (nSPS) is 30.6. The smallest absolute Gasteiger partial charge is 0.120 e. The third-order valence-corrected chi connectivity index (χ3v) is 6.57. The molecule has 23 heavy (non-hydrogen) atoms. The standard InChI is InChI=1S/C19H27Cl2NO/c1-3-4-5-13-10-14-6-9-19(22(14)2)16(13)12-23-15-7-8-17(20)18(21)11-15/h7-8,11,13-14,16,19H,3-6,9-10,12H2,1-2H3/t13-,14?,16?,19?/m0/s1. The number of ether oxygens (including phenoxy) is 1. The summed E-state index contributed by atoms with van der Waals surface area (Å²) in [6.07, 6.45) is 7.96. The SMILES string of the molecule is CCCC[C@H]1CC2CCC(C1COc1ccc(Cl)c(Cl)c1)N2C. The Morgan fingerprint density at radius 1 is 1.22 bits per heavy atom. The summed E-state index contributed by atoms with van der Waals surface area (Å²) in [5.41, 5.74) is 0. The Balaban J connectivity index is 1.67. The lowest BCUT2D eigenvalue weighted by molar-refractivity contribution is 0.0332. The molecule has 0 radical (unpaired) electrons. The highest BCUT2D eigenvalue weighted by molar-refractivity contribution is 6.42. The molecule has 2 aliphatic heterocycles. The maximum atomic E-state index is 6.12. The van der Waals surface area contributed by atoms with E-state index in [-0.39, 0.29) is 0 Å². The zero-order valence-electron chi connectivity index (χ0n) is 14.1. The van der Waals surface area contributed by atoms with Crippen LogP contribution >= 0.6 is 23.2 Å². The van der Waals surface area contributed by atoms with Gasteiger partial charge in [-0.3, -0.25) is 0 Å². The number of halogens is 2. The van der Waals surface area contributed by atoms with Gasteiger partial charge >= 0.3 is 0 Å². The largest absolute Gasteiger partial charge is 0.493 e. The molecule has 3 unspecified atom stereocenters. The average molecular weight is 356 g/mol. The fourth-order valence-electron chi connectivity index (χ4n) is 4.48. The fraction of sp³-hybridized carbons (Fsp3) is 0.684. The molecule has 0 saturated carbocycles. The Morgan fingerprint density at radius 2 is 2.04 bits per heavy atom. The van der Waals surface area contributed by atoms with Crippen LogP contribution < -0.4 is 4.74 Å². The molecule has 0 spiro atoms. The molecule has 2 heterocycles. The van der Waals surface area contributed by atoms with Crippen molar-refractivity contribution in [3.8, 4) is 5.75 Å². The van der Waals surface area contributed by atoms with Crippen molar-refractivity contribution in [3.63, 3.8) is 0 Å². The van der Waals surface area contributed by atoms with E-state index < -0.39 is 0 Å². The molecule has 2 nitrogen and oxygen atoms in total. The van der Waals surface area contributed by atoms with Gasteiger partial charge in [0.2, 0.25) is 0 Å². The van der Waals surface area contributed by atoms with Crippen LogP contribution in [-0.2, 0) is 0 Å². The van der Waals surface area contributed by atoms with Crippen molar-refractivity contribution in [1.82, 2.24) is 4.90 Å². The van der Waals surface area contributed by atoms with Crippen molar-refractivity contribution in [2.45, 2.75) is 57.5 Å². The molecule has 4 atom stereocenters. The van der Waals surface area contributed by atoms with E-state index in [4.69, 9.17) is 27.9 Å². The van der Waals surface area contributed by atoms with Crippen LogP contribution in [0.1, 0.15) is 45.4 Å². The summed E-state index contributed by atoms with van der Waals surface area (Å²) >= 11 is 12.1. The van der Waals surface area contributed by atoms with Crippen LogP contribution in [0.5, 0.6) is 5.75 Å². The van der Waals surface area contributed by atoms with Crippen molar-refractivity contribution in [3.05, 3.63) is 28.2 Å². The van der Waals surface area contributed by atoms with Crippen LogP contribution in [-0.4, -0.2) is 30.6 Å². The highest BCUT2D eigenvalue weighted by atomic mass is 35.5. The lowest BCUT2D eigenvalue weighted by Crippen LogP contribution is -2.48. The minimum atomic E-state index is 0.563. The van der Waals surface area contributed by atoms with Gasteiger partial charge in [-0.1, -0.05) is 43.0 Å². The van der Waals surface area contributed by atoms with Gasteiger partial charge < -0.3 is 9.64 Å². The van der Waals surface area contributed by atoms with Crippen LogP contribution in [0.4, 0.5) is 0 Å². The lowest BCUT2D eigenvalue weighted by atomic mass is 9.78. The number of unbranched alkanes of at least 4 members (excludes halogenated alkanes) is 1. The monoisotopic (exact) mass is 355 g/mol. The first-order valence-corrected chi connectivity index (χ1v) is 9.65. The first kappa shape index (κ1) is 17.4. The van der Waals surface area contributed by atoms with Crippen LogP contribution in [0, 0.1) is 11.8 Å². The van der Waals surface area contributed by atoms with Crippen molar-refractivity contribution < 1.29 is 4.74 Å². The number of fused-ring (bicyclic) bond motifs is 2. The van der Waals surface area contributed by atoms with E-state index in [0.29, 0.717) is 22.0 Å². The number of hydrogen-bond donors (Lipinski definition) is 0. The third-order valence-electron chi connectivity index (χ3n) is 5.83. The minimum absolute atomic E-state index is 0.563. The Morgan fingerprint density at radius 3 is 2.78 bits per heavy atom. The first-order chi connectivity index (χ1) is 11.1. The van der Waals surface area contributed by atoms with E-state index in [1.54, 1.807) is 0 Å². The molecule has 2 saturated heterocycles. The molecule has 0 aliphatic carbocycles. The van der Waals surface area contributed by atoms with Gasteiger partial charge in [0.05, 0.1) is 16.7 Å². The molecule has 128 valence electrons. The van der Waals surface area contributed by atoms with Gasteiger partial charge in [-0.05, 0) is 50.8 Å². The molecular weight excluding hydrogens is 329 g/mol. The van der Waals surface area contributed by atoms with Crippen LogP contribution in [0.2, 0.25) is 10.0 Å². The lowest BCUT2D eigenvalue weighted by Gasteiger charge is -2.43. The highest BCUT2D eigenvalue weighted by Gasteiger charge is 2.45. The molecule has 1 aromatic carbocycles. The number of rotatable bonds is 6. The maximum absolute atomic E-state index is 6.12. The van der Waals surface area contributed by atoms with E-state index in [0.717, 1.165) is 24.3 Å². The number of hydrogen-bond acceptors (Lipinski definition) is 2. The molecule has 1 aromatic rings. The van der Waals surface area contributed by atoms with Gasteiger partial charge in [-0.2, -0.15) is 0 Å². The summed E-state index contributed by atoms with van der Waals surface area (Å²) in [6, 6.07) is 7.03. The second kappa shape index (κ2) is 7.63. The molecule has 0 amide bonds. The summed E-state index contributed by atoms with van der Waals surface area (Å²) in [4.78, 5) is 2.60. The van der Waals surface area contributed by atoms with E-state index in [9.17, 15) is 0 Å². The summed E-state index contributed by atoms with van der Waals surface area (Å²) in [6.45, 7) is 3.07. The van der Waals surface area contributed by atoms with Gasteiger partial charge in [0.25, 0.3) is 0 Å². The van der Waals surface area contributed by atoms with Gasteiger partial charge in [0.15, 0.2) is 0 Å². The van der Waals surface area contributed by atoms with Gasteiger partial charge in [-0.25, -0.2) is 0 Å². The topological polar surface area (TPSA) is 12.5 Å². The zero-order chi connectivity index (χ0) is 16.4. The Kier molecular flexibility index (Phi) is 5.77. The molecular formula is C19H27Cl2NO. The van der Waals surface area contributed by atoms with E-state index in [1.807, 2.05) is 18.2 Å². The van der Waals surface area contributed by atoms with E-state index >= 15 is 0 Å². The molecule has 0 aromatic heterocycles. The van der Waals surface area contributed by atoms with Crippen molar-refractivity contribution in [1.29, 1.82) is 0 Å². The second-order valence-electron chi connectivity index (χ2n) is 7.15. The highest BCUT2D eigenvalue weighted by Crippen LogP contribution is 2.43. The van der Waals surface area contributed by atoms with Crippen LogP contribution in [0.3, 0.4) is 0 Å². The van der Waals surface area contributed by atoms with Gasteiger partial charge in [-0.15, -0.1) is 0 Å². The van der Waals surface area contributed by atoms with E-state index in [1.165, 1.54) is 38.5 Å². The average Bonchev–Trinajstić information content (AvgIpc) is 2.79. The summed E-state index contributed by atoms with van der Waals surface area (Å²) in [7, 11) is 2.30. The Bertz CT molecular complexity index is 536. The molecule has 0 N–H and O–H groups in total. The number of nitrogens with zero attached hydrogens (tertiary/aromatic N) is 1. The number of piperidine rings is 1. The van der Waals surface area contributed by atoms with Gasteiger partial charge in [0, 0.05) is 24.1 Å². The summed E-state index contributed by atoms with van der Waals surface area (Å²) in [5.74, 6) is 2.25. The molecule has 2 aliphatic rings. The Labute approximate surface area is 150 Å². The predicted molar refractivity (Wildman–Crippen MR) is 97.7 cm³/mol. The Hall–Kier alpha value is -0.440. The maximum Gasteiger partial charge on any atom is 0.120 e. The molecule has 4 heteroatoms. The van der Waals surface area contributed by atoms with Crippen molar-refractivity contribution >= 4 is 23.2 Å². The third kappa shape index (κ3) is 3.81. The van der Waals surface area contributed by atoms with Crippen molar-refractivity contribution in [2.24, 2.45) is 11.8 Å². The minimum Gasteiger partial charge on any atom is -0.493 e. The second-order valence-corrected chi connectivity index (χ2v) is 7.97. The van der Waals surface area contributed by atoms with Crippen LogP contribution in [0.25, 0.3) is 0 Å². The quantitative estimate of drug-likeness (QED) is 0.652. The fourth-order valence-corrected chi connectivity index (χ4v) is 4.77. The summed E-state index contributed by atoms with van der Waals surface area (Å²) in [5, 5.41) is 1.14.